The zero-order valence-electron chi connectivity index (χ0n) is 17.3. The Morgan fingerprint density at radius 2 is 1.85 bits per heavy atom. The lowest BCUT2D eigenvalue weighted by Crippen LogP contribution is -2.40. The summed E-state index contributed by atoms with van der Waals surface area (Å²) in [7, 11) is 1.52. The molecule has 12 heteroatoms. The summed E-state index contributed by atoms with van der Waals surface area (Å²) >= 11 is 0. The van der Waals surface area contributed by atoms with Crippen molar-refractivity contribution in [3.63, 3.8) is 0 Å². The second-order valence-electron chi connectivity index (χ2n) is 7.26. The van der Waals surface area contributed by atoms with E-state index < -0.39 is 29.6 Å². The first kappa shape index (κ1) is 22.1. The number of urea groups is 1. The molecule has 1 N–H and O–H groups in total. The van der Waals surface area contributed by atoms with Crippen LogP contribution in [0.2, 0.25) is 0 Å². The monoisotopic (exact) mass is 462 g/mol. The van der Waals surface area contributed by atoms with Crippen LogP contribution >= 0.6 is 0 Å². The Hall–Kier alpha value is -4.09. The van der Waals surface area contributed by atoms with E-state index in [0.717, 1.165) is 17.0 Å². The summed E-state index contributed by atoms with van der Waals surface area (Å²) in [6.07, 6.45) is -4.84. The number of methoxy groups -OCH3 is 1. The van der Waals surface area contributed by atoms with E-state index in [1.807, 2.05) is 0 Å². The molecule has 3 amide bonds. The molecule has 0 saturated carbocycles. The van der Waals surface area contributed by atoms with E-state index in [2.05, 4.69) is 20.2 Å². The fourth-order valence-corrected chi connectivity index (χ4v) is 3.36. The first-order valence-corrected chi connectivity index (χ1v) is 9.56. The molecule has 1 aliphatic rings. The van der Waals surface area contributed by atoms with Gasteiger partial charge >= 0.3 is 12.4 Å². The normalized spacial score (nSPS) is 18.4. The maximum atomic E-state index is 13.0. The molecule has 1 aliphatic heterocycles. The van der Waals surface area contributed by atoms with Crippen LogP contribution in [-0.4, -0.2) is 40.5 Å². The Morgan fingerprint density at radius 3 is 2.52 bits per heavy atom. The molecule has 1 aromatic heterocycles. The standard InChI is InChI=1S/C21H17F3N4O5/c1-20(13-6-8-14(9-7-13)32-21(22,23)24)18(29)28(19(30)26-20)11-16-25-17(27-33-16)12-4-3-5-15(10-12)31-2/h3-10H,11H2,1-2H3,(H,26,30). The van der Waals surface area contributed by atoms with Crippen LogP contribution in [0, 0.1) is 0 Å². The summed E-state index contributed by atoms with van der Waals surface area (Å²) < 4.78 is 51.3. The van der Waals surface area contributed by atoms with Crippen LogP contribution in [0.4, 0.5) is 18.0 Å². The van der Waals surface area contributed by atoms with E-state index in [-0.39, 0.29) is 23.8 Å². The topological polar surface area (TPSA) is 107 Å². The van der Waals surface area contributed by atoms with Gasteiger partial charge in [0.1, 0.15) is 23.6 Å². The predicted octanol–water partition coefficient (Wildman–Crippen LogP) is 3.61. The summed E-state index contributed by atoms with van der Waals surface area (Å²) in [5.41, 5.74) is -0.600. The van der Waals surface area contributed by atoms with Gasteiger partial charge in [0.15, 0.2) is 0 Å². The molecular weight excluding hydrogens is 445 g/mol. The zero-order valence-corrected chi connectivity index (χ0v) is 17.3. The summed E-state index contributed by atoms with van der Waals surface area (Å²) in [4.78, 5) is 30.7. The van der Waals surface area contributed by atoms with Gasteiger partial charge in [-0.05, 0) is 36.8 Å². The second kappa shape index (κ2) is 8.11. The van der Waals surface area contributed by atoms with E-state index in [9.17, 15) is 22.8 Å². The number of carbonyl (C=O) groups excluding carboxylic acids is 2. The van der Waals surface area contributed by atoms with Crippen LogP contribution in [0.3, 0.4) is 0 Å². The van der Waals surface area contributed by atoms with Crippen molar-refractivity contribution in [2.75, 3.05) is 7.11 Å². The molecule has 0 bridgehead atoms. The maximum Gasteiger partial charge on any atom is 0.573 e. The van der Waals surface area contributed by atoms with Crippen molar-refractivity contribution in [3.8, 4) is 22.9 Å². The van der Waals surface area contributed by atoms with Gasteiger partial charge in [-0.1, -0.05) is 29.4 Å². The van der Waals surface area contributed by atoms with Crippen molar-refractivity contribution >= 4 is 11.9 Å². The molecular formula is C21H17F3N4O5. The minimum atomic E-state index is -4.84. The highest BCUT2D eigenvalue weighted by atomic mass is 19.4. The van der Waals surface area contributed by atoms with Gasteiger partial charge in [-0.25, -0.2) is 4.79 Å². The highest BCUT2D eigenvalue weighted by Gasteiger charge is 2.49. The molecule has 0 aliphatic carbocycles. The lowest BCUT2D eigenvalue weighted by atomic mass is 9.92. The Morgan fingerprint density at radius 1 is 1.12 bits per heavy atom. The van der Waals surface area contributed by atoms with Gasteiger partial charge in [0, 0.05) is 5.56 Å². The van der Waals surface area contributed by atoms with Crippen molar-refractivity contribution < 1.29 is 36.8 Å². The molecule has 1 fully saturated rings. The minimum Gasteiger partial charge on any atom is -0.497 e. The van der Waals surface area contributed by atoms with Crippen LogP contribution in [0.25, 0.3) is 11.4 Å². The number of halogens is 3. The Bertz CT molecular complexity index is 1200. The predicted molar refractivity (Wildman–Crippen MR) is 106 cm³/mol. The minimum absolute atomic E-state index is 0.0227. The number of rotatable bonds is 6. The average molecular weight is 462 g/mol. The average Bonchev–Trinajstić information content (AvgIpc) is 3.32. The van der Waals surface area contributed by atoms with Gasteiger partial charge in [0.25, 0.3) is 5.91 Å². The maximum absolute atomic E-state index is 13.0. The van der Waals surface area contributed by atoms with E-state index in [1.165, 1.54) is 26.2 Å². The van der Waals surface area contributed by atoms with Crippen molar-refractivity contribution in [1.82, 2.24) is 20.4 Å². The van der Waals surface area contributed by atoms with Crippen LogP contribution in [0.5, 0.6) is 11.5 Å². The Labute approximate surface area is 185 Å². The Kier molecular flexibility index (Phi) is 5.44. The van der Waals surface area contributed by atoms with Gasteiger partial charge in [-0.3, -0.25) is 9.69 Å². The number of aromatic nitrogens is 2. The fourth-order valence-electron chi connectivity index (χ4n) is 3.36. The number of imide groups is 1. The largest absolute Gasteiger partial charge is 0.573 e. The summed E-state index contributed by atoms with van der Waals surface area (Å²) in [6.45, 7) is 1.16. The van der Waals surface area contributed by atoms with E-state index in [1.54, 1.807) is 24.3 Å². The van der Waals surface area contributed by atoms with E-state index >= 15 is 0 Å². The van der Waals surface area contributed by atoms with E-state index in [0.29, 0.717) is 11.3 Å². The molecule has 1 atom stereocenters. The SMILES string of the molecule is COc1cccc(-c2noc(CN3C(=O)NC(C)(c4ccc(OC(F)(F)F)cc4)C3=O)n2)c1. The highest BCUT2D eigenvalue weighted by Crippen LogP contribution is 2.32. The number of benzene rings is 2. The number of ether oxygens (including phenoxy) is 2. The molecule has 4 rings (SSSR count). The molecule has 33 heavy (non-hydrogen) atoms. The zero-order chi connectivity index (χ0) is 23.8. The number of hydrogen-bond acceptors (Lipinski definition) is 7. The first-order valence-electron chi connectivity index (χ1n) is 9.56. The lowest BCUT2D eigenvalue weighted by molar-refractivity contribution is -0.274. The molecule has 172 valence electrons. The molecule has 3 aromatic rings. The van der Waals surface area contributed by atoms with Gasteiger partial charge in [0.2, 0.25) is 11.7 Å². The third kappa shape index (κ3) is 4.45. The van der Waals surface area contributed by atoms with E-state index in [4.69, 9.17) is 9.26 Å². The van der Waals surface area contributed by atoms with Crippen molar-refractivity contribution in [2.45, 2.75) is 25.4 Å². The van der Waals surface area contributed by atoms with Crippen LogP contribution in [0.1, 0.15) is 18.4 Å². The number of hydrogen-bond donors (Lipinski definition) is 1. The molecule has 0 spiro atoms. The number of nitrogens with zero attached hydrogens (tertiary/aromatic N) is 3. The quantitative estimate of drug-likeness (QED) is 0.558. The van der Waals surface area contributed by atoms with Crippen LogP contribution in [-0.2, 0) is 16.9 Å². The molecule has 1 saturated heterocycles. The summed E-state index contributed by atoms with van der Waals surface area (Å²) in [6, 6.07) is 10.9. The van der Waals surface area contributed by atoms with Crippen molar-refractivity contribution in [3.05, 3.63) is 60.0 Å². The number of alkyl halides is 3. The van der Waals surface area contributed by atoms with Crippen molar-refractivity contribution in [2.24, 2.45) is 0 Å². The van der Waals surface area contributed by atoms with Crippen LogP contribution < -0.4 is 14.8 Å². The van der Waals surface area contributed by atoms with Gasteiger partial charge in [-0.15, -0.1) is 13.2 Å². The lowest BCUT2D eigenvalue weighted by Gasteiger charge is -2.22. The number of amides is 3. The summed E-state index contributed by atoms with van der Waals surface area (Å²) in [5.74, 6) is -0.207. The third-order valence-corrected chi connectivity index (χ3v) is 5.03. The third-order valence-electron chi connectivity index (χ3n) is 5.03. The highest BCUT2D eigenvalue weighted by molar-refractivity contribution is 6.07. The number of carbonyl (C=O) groups is 2. The van der Waals surface area contributed by atoms with Gasteiger partial charge < -0.3 is 19.3 Å². The molecule has 9 nitrogen and oxygen atoms in total. The molecule has 2 aromatic carbocycles. The van der Waals surface area contributed by atoms with Gasteiger partial charge in [0.05, 0.1) is 7.11 Å². The second-order valence-corrected chi connectivity index (χ2v) is 7.26. The van der Waals surface area contributed by atoms with Crippen molar-refractivity contribution in [1.29, 1.82) is 0 Å². The molecule has 0 radical (unpaired) electrons. The first-order chi connectivity index (χ1) is 15.6. The number of nitrogens with one attached hydrogen (secondary N) is 1. The van der Waals surface area contributed by atoms with Gasteiger partial charge in [-0.2, -0.15) is 4.98 Å². The van der Waals surface area contributed by atoms with Crippen LogP contribution in [0.15, 0.2) is 53.1 Å². The smallest absolute Gasteiger partial charge is 0.497 e. The molecule has 1 unspecified atom stereocenters. The summed E-state index contributed by atoms with van der Waals surface area (Å²) in [5, 5.41) is 6.43. The fraction of sp³-hybridized carbons (Fsp3) is 0.238. The Balaban J connectivity index is 1.51. The molecule has 2 heterocycles.